The van der Waals surface area contributed by atoms with Crippen molar-refractivity contribution >= 4 is 25.6 Å². The van der Waals surface area contributed by atoms with Crippen LogP contribution in [-0.4, -0.2) is 13.4 Å². The zero-order valence-electron chi connectivity index (χ0n) is 6.92. The number of anilines is 1. The SMILES string of the molecule is Nc1ncc(C(F)F)c(F)c1S(=O)(=O)Cl. The lowest BCUT2D eigenvalue weighted by Gasteiger charge is -2.06. The van der Waals surface area contributed by atoms with E-state index in [-0.39, 0.29) is 0 Å². The molecule has 1 aromatic rings. The Kier molecular flexibility index (Phi) is 3.10. The summed E-state index contributed by atoms with van der Waals surface area (Å²) in [6, 6.07) is 0. The molecule has 0 bridgehead atoms. The van der Waals surface area contributed by atoms with Gasteiger partial charge >= 0.3 is 0 Å². The van der Waals surface area contributed by atoms with Crippen molar-refractivity contribution in [2.24, 2.45) is 0 Å². The summed E-state index contributed by atoms with van der Waals surface area (Å²) in [5.41, 5.74) is 3.85. The third kappa shape index (κ3) is 2.32. The largest absolute Gasteiger partial charge is 0.382 e. The molecule has 9 heteroatoms. The first-order chi connectivity index (χ1) is 6.75. The van der Waals surface area contributed by atoms with Crippen molar-refractivity contribution in [1.29, 1.82) is 0 Å². The van der Waals surface area contributed by atoms with Gasteiger partial charge in [-0.25, -0.2) is 26.6 Å². The van der Waals surface area contributed by atoms with Crippen LogP contribution in [0.3, 0.4) is 0 Å². The second kappa shape index (κ2) is 3.86. The van der Waals surface area contributed by atoms with E-state index in [9.17, 15) is 21.6 Å². The highest BCUT2D eigenvalue weighted by atomic mass is 35.7. The number of rotatable bonds is 2. The number of hydrogen-bond donors (Lipinski definition) is 1. The highest BCUT2D eigenvalue weighted by Crippen LogP contribution is 2.30. The standard InChI is InChI=1S/C6H4ClF3N2O2S/c7-15(13,14)4-3(8)2(5(9)10)1-12-6(4)11/h1,5H,(H2,11,12). The van der Waals surface area contributed by atoms with Crippen LogP contribution in [0.1, 0.15) is 12.0 Å². The van der Waals surface area contributed by atoms with Crippen molar-refractivity contribution in [1.82, 2.24) is 4.98 Å². The van der Waals surface area contributed by atoms with E-state index in [1.54, 1.807) is 0 Å². The van der Waals surface area contributed by atoms with Gasteiger partial charge in [-0.15, -0.1) is 0 Å². The Hall–Kier alpha value is -1.02. The zero-order chi connectivity index (χ0) is 11.8. The highest BCUT2D eigenvalue weighted by molar-refractivity contribution is 8.13. The van der Waals surface area contributed by atoms with Crippen molar-refractivity contribution in [3.8, 4) is 0 Å². The van der Waals surface area contributed by atoms with Gasteiger partial charge in [0, 0.05) is 16.9 Å². The van der Waals surface area contributed by atoms with Crippen LogP contribution in [0.25, 0.3) is 0 Å². The quantitative estimate of drug-likeness (QED) is 0.821. The van der Waals surface area contributed by atoms with Crippen LogP contribution in [-0.2, 0) is 9.05 Å². The van der Waals surface area contributed by atoms with Gasteiger partial charge < -0.3 is 5.73 Å². The average Bonchev–Trinajstić information content (AvgIpc) is 2.00. The van der Waals surface area contributed by atoms with Gasteiger partial charge in [-0.3, -0.25) is 0 Å². The van der Waals surface area contributed by atoms with Gasteiger partial charge in [0.25, 0.3) is 15.5 Å². The van der Waals surface area contributed by atoms with Gasteiger partial charge in [-0.2, -0.15) is 0 Å². The molecular weight excluding hydrogens is 257 g/mol. The summed E-state index contributed by atoms with van der Waals surface area (Å²) in [6.07, 6.45) is -2.74. The molecule has 0 atom stereocenters. The van der Waals surface area contributed by atoms with E-state index in [2.05, 4.69) is 4.98 Å². The molecule has 0 aliphatic carbocycles. The first kappa shape index (κ1) is 12.1. The van der Waals surface area contributed by atoms with Crippen LogP contribution in [0.5, 0.6) is 0 Å². The van der Waals surface area contributed by atoms with E-state index in [0.717, 1.165) is 0 Å². The minimum Gasteiger partial charge on any atom is -0.382 e. The van der Waals surface area contributed by atoms with Crippen molar-refractivity contribution in [3.63, 3.8) is 0 Å². The number of nitrogen functional groups attached to an aromatic ring is 1. The van der Waals surface area contributed by atoms with Gasteiger partial charge in [0.05, 0.1) is 5.56 Å². The van der Waals surface area contributed by atoms with Crippen molar-refractivity contribution in [2.45, 2.75) is 11.3 Å². The van der Waals surface area contributed by atoms with Gasteiger partial charge in [0.15, 0.2) is 10.7 Å². The Morgan fingerprint density at radius 1 is 1.47 bits per heavy atom. The molecule has 0 spiro atoms. The number of halogens is 4. The Morgan fingerprint density at radius 2 is 2.00 bits per heavy atom. The fraction of sp³-hybridized carbons (Fsp3) is 0.167. The molecule has 0 aliphatic heterocycles. The maximum absolute atomic E-state index is 13.2. The van der Waals surface area contributed by atoms with E-state index < -0.39 is 37.6 Å². The smallest absolute Gasteiger partial charge is 0.268 e. The monoisotopic (exact) mass is 260 g/mol. The van der Waals surface area contributed by atoms with Crippen LogP contribution < -0.4 is 5.73 Å². The Balaban J connectivity index is 3.59. The minimum absolute atomic E-state index is 0.459. The zero-order valence-corrected chi connectivity index (χ0v) is 8.49. The van der Waals surface area contributed by atoms with Gasteiger partial charge in [-0.05, 0) is 0 Å². The molecule has 0 aliphatic rings. The molecule has 1 aromatic heterocycles. The van der Waals surface area contributed by atoms with Gasteiger partial charge in [-0.1, -0.05) is 0 Å². The molecule has 15 heavy (non-hydrogen) atoms. The molecule has 2 N–H and O–H groups in total. The van der Waals surface area contributed by atoms with Crippen molar-refractivity contribution in [3.05, 3.63) is 17.6 Å². The first-order valence-corrected chi connectivity index (χ1v) is 5.72. The number of alkyl halides is 2. The molecule has 0 saturated heterocycles. The summed E-state index contributed by atoms with van der Waals surface area (Å²) in [6.45, 7) is 0. The van der Waals surface area contributed by atoms with E-state index in [1.807, 2.05) is 0 Å². The lowest BCUT2D eigenvalue weighted by Crippen LogP contribution is -2.07. The molecule has 0 aromatic carbocycles. The van der Waals surface area contributed by atoms with Crippen LogP contribution in [0.4, 0.5) is 19.0 Å². The number of nitrogens with two attached hydrogens (primary N) is 1. The molecule has 0 fully saturated rings. The highest BCUT2D eigenvalue weighted by Gasteiger charge is 2.27. The fourth-order valence-electron chi connectivity index (χ4n) is 0.882. The fourth-order valence-corrected chi connectivity index (χ4v) is 1.96. The van der Waals surface area contributed by atoms with Gasteiger partial charge in [0.1, 0.15) is 5.82 Å². The third-order valence-electron chi connectivity index (χ3n) is 1.51. The Morgan fingerprint density at radius 3 is 2.40 bits per heavy atom. The van der Waals surface area contributed by atoms with Crippen LogP contribution in [0.15, 0.2) is 11.1 Å². The number of hydrogen-bond acceptors (Lipinski definition) is 4. The van der Waals surface area contributed by atoms with E-state index >= 15 is 0 Å². The number of nitrogens with zero attached hydrogens (tertiary/aromatic N) is 1. The molecule has 1 heterocycles. The van der Waals surface area contributed by atoms with E-state index in [0.29, 0.717) is 6.20 Å². The lowest BCUT2D eigenvalue weighted by atomic mass is 10.3. The topological polar surface area (TPSA) is 73.0 Å². The molecule has 0 unspecified atom stereocenters. The summed E-state index contributed by atoms with van der Waals surface area (Å²) in [5, 5.41) is 0. The molecule has 84 valence electrons. The lowest BCUT2D eigenvalue weighted by molar-refractivity contribution is 0.145. The molecule has 0 radical (unpaired) electrons. The summed E-state index contributed by atoms with van der Waals surface area (Å²) in [5.74, 6) is -2.43. The maximum Gasteiger partial charge on any atom is 0.268 e. The second-order valence-electron chi connectivity index (χ2n) is 2.48. The minimum atomic E-state index is -4.54. The number of aromatic nitrogens is 1. The van der Waals surface area contributed by atoms with Crippen LogP contribution in [0, 0.1) is 5.82 Å². The van der Waals surface area contributed by atoms with Gasteiger partial charge in [0.2, 0.25) is 0 Å². The molecule has 4 nitrogen and oxygen atoms in total. The molecule has 0 amide bonds. The predicted molar refractivity (Wildman–Crippen MR) is 46.6 cm³/mol. The summed E-state index contributed by atoms with van der Waals surface area (Å²) in [7, 11) is 0.269. The average molecular weight is 261 g/mol. The van der Waals surface area contributed by atoms with E-state index in [1.165, 1.54) is 0 Å². The third-order valence-corrected chi connectivity index (χ3v) is 2.85. The number of pyridine rings is 1. The van der Waals surface area contributed by atoms with Crippen molar-refractivity contribution in [2.75, 3.05) is 5.73 Å². The summed E-state index contributed by atoms with van der Waals surface area (Å²) in [4.78, 5) is 1.90. The predicted octanol–water partition coefficient (Wildman–Crippen LogP) is 1.67. The Labute approximate surface area is 87.3 Å². The summed E-state index contributed by atoms with van der Waals surface area (Å²) >= 11 is 0. The van der Waals surface area contributed by atoms with Crippen LogP contribution >= 0.6 is 10.7 Å². The summed E-state index contributed by atoms with van der Waals surface area (Å²) < 4.78 is 59.2. The van der Waals surface area contributed by atoms with Crippen LogP contribution in [0.2, 0.25) is 0 Å². The molecular formula is C6H4ClF3N2O2S. The Bertz CT molecular complexity index is 491. The molecule has 0 saturated carbocycles. The second-order valence-corrected chi connectivity index (χ2v) is 4.98. The molecule has 1 rings (SSSR count). The van der Waals surface area contributed by atoms with Crippen molar-refractivity contribution < 1.29 is 21.6 Å². The first-order valence-electron chi connectivity index (χ1n) is 3.42. The van der Waals surface area contributed by atoms with E-state index in [4.69, 9.17) is 16.4 Å². The maximum atomic E-state index is 13.2. The normalized spacial score (nSPS) is 12.1.